The molecule has 0 fully saturated rings. The Hall–Kier alpha value is -3.09. The molecule has 0 aliphatic rings. The van der Waals surface area contributed by atoms with Gasteiger partial charge in [0.2, 0.25) is 0 Å². The topological polar surface area (TPSA) is 95.6 Å². The van der Waals surface area contributed by atoms with E-state index in [0.29, 0.717) is 22.2 Å². The van der Waals surface area contributed by atoms with Crippen LogP contribution in [0.5, 0.6) is 0 Å². The highest BCUT2D eigenvalue weighted by Crippen LogP contribution is 2.27. The Morgan fingerprint density at radius 3 is 2.54 bits per heavy atom. The molecule has 0 amide bonds. The minimum Gasteiger partial charge on any atom is -0.397 e. The van der Waals surface area contributed by atoms with Gasteiger partial charge >= 0.3 is 0 Å². The molecule has 2 aromatic carbocycles. The number of halogens is 1. The van der Waals surface area contributed by atoms with Crippen molar-refractivity contribution in [2.45, 2.75) is 6.92 Å². The van der Waals surface area contributed by atoms with Crippen molar-refractivity contribution in [3.05, 3.63) is 67.9 Å². The Morgan fingerprint density at radius 1 is 1.12 bits per heavy atom. The van der Waals surface area contributed by atoms with E-state index in [1.165, 1.54) is 4.57 Å². The molecule has 2 N–H and O–H groups in total. The van der Waals surface area contributed by atoms with E-state index >= 15 is 0 Å². The van der Waals surface area contributed by atoms with Crippen molar-refractivity contribution in [1.29, 1.82) is 10.5 Å². The van der Waals surface area contributed by atoms with Gasteiger partial charge in [-0.15, -0.1) is 0 Å². The number of nitrogen functional groups attached to an aromatic ring is 1. The van der Waals surface area contributed by atoms with Gasteiger partial charge in [0.1, 0.15) is 11.6 Å². The first-order valence-corrected chi connectivity index (χ1v) is 7.82. The molecule has 3 aromatic rings. The standard InChI is InChI=1S/C18H11BrN4O/c1-10-2-4-13(6-11(10)8-20)23-16-7-12(19)3-5-14(16)17(22)15(9-21)18(23)24/h2-7H,22H2,1H3. The first-order valence-electron chi connectivity index (χ1n) is 7.03. The molecule has 1 heterocycles. The van der Waals surface area contributed by atoms with Crippen molar-refractivity contribution in [3.63, 3.8) is 0 Å². The molecular weight excluding hydrogens is 368 g/mol. The minimum atomic E-state index is -0.506. The molecule has 0 aliphatic heterocycles. The van der Waals surface area contributed by atoms with Gasteiger partial charge in [-0.05, 0) is 42.8 Å². The van der Waals surface area contributed by atoms with Crippen LogP contribution in [0.1, 0.15) is 16.7 Å². The van der Waals surface area contributed by atoms with Crippen LogP contribution in [0, 0.1) is 29.6 Å². The number of nitrogens with zero attached hydrogens (tertiary/aromatic N) is 3. The first kappa shape index (κ1) is 15.8. The number of nitriles is 2. The third-order valence-corrected chi connectivity index (χ3v) is 4.38. The summed E-state index contributed by atoms with van der Waals surface area (Å²) in [6.07, 6.45) is 0. The van der Waals surface area contributed by atoms with Crippen molar-refractivity contribution in [2.24, 2.45) is 0 Å². The fourth-order valence-electron chi connectivity index (χ4n) is 2.62. The molecule has 5 nitrogen and oxygen atoms in total. The molecule has 24 heavy (non-hydrogen) atoms. The molecule has 1 aromatic heterocycles. The first-order chi connectivity index (χ1) is 11.5. The Morgan fingerprint density at radius 2 is 1.88 bits per heavy atom. The third-order valence-electron chi connectivity index (χ3n) is 3.89. The predicted octanol–water partition coefficient (Wildman–Crippen LogP) is 3.39. The van der Waals surface area contributed by atoms with Crippen LogP contribution in [-0.4, -0.2) is 4.57 Å². The lowest BCUT2D eigenvalue weighted by atomic mass is 10.1. The number of hydrogen-bond donors (Lipinski definition) is 1. The number of benzene rings is 2. The summed E-state index contributed by atoms with van der Waals surface area (Å²) in [5.74, 6) is 0. The van der Waals surface area contributed by atoms with Crippen molar-refractivity contribution >= 4 is 32.5 Å². The lowest BCUT2D eigenvalue weighted by Gasteiger charge is -2.14. The lowest BCUT2D eigenvalue weighted by Crippen LogP contribution is -2.23. The summed E-state index contributed by atoms with van der Waals surface area (Å²) in [6, 6.07) is 14.5. The quantitative estimate of drug-likeness (QED) is 0.701. The molecule has 116 valence electrons. The van der Waals surface area contributed by atoms with E-state index in [9.17, 15) is 15.3 Å². The van der Waals surface area contributed by atoms with E-state index in [1.807, 2.05) is 13.0 Å². The smallest absolute Gasteiger partial charge is 0.275 e. The van der Waals surface area contributed by atoms with Crippen LogP contribution in [-0.2, 0) is 0 Å². The van der Waals surface area contributed by atoms with Crippen LogP contribution in [0.25, 0.3) is 16.6 Å². The lowest BCUT2D eigenvalue weighted by molar-refractivity contribution is 1.03. The van der Waals surface area contributed by atoms with Crippen molar-refractivity contribution in [2.75, 3.05) is 5.73 Å². The zero-order valence-electron chi connectivity index (χ0n) is 12.7. The number of hydrogen-bond acceptors (Lipinski definition) is 4. The second-order valence-corrected chi connectivity index (χ2v) is 6.23. The van der Waals surface area contributed by atoms with Gasteiger partial charge in [0.25, 0.3) is 5.56 Å². The van der Waals surface area contributed by atoms with Gasteiger partial charge in [-0.2, -0.15) is 10.5 Å². The number of pyridine rings is 1. The van der Waals surface area contributed by atoms with Crippen molar-refractivity contribution in [1.82, 2.24) is 4.57 Å². The normalized spacial score (nSPS) is 10.3. The maximum atomic E-state index is 12.8. The second-order valence-electron chi connectivity index (χ2n) is 5.31. The number of rotatable bonds is 1. The average Bonchev–Trinajstić information content (AvgIpc) is 2.56. The second kappa shape index (κ2) is 5.84. The molecule has 0 bridgehead atoms. The summed E-state index contributed by atoms with van der Waals surface area (Å²) in [5, 5.41) is 19.2. The van der Waals surface area contributed by atoms with Crippen molar-refractivity contribution in [3.8, 4) is 17.8 Å². The Balaban J connectivity index is 2.53. The zero-order chi connectivity index (χ0) is 17.4. The SMILES string of the molecule is Cc1ccc(-n2c(=O)c(C#N)c(N)c3ccc(Br)cc32)cc1C#N. The van der Waals surface area contributed by atoms with E-state index < -0.39 is 5.56 Å². The largest absolute Gasteiger partial charge is 0.397 e. The maximum Gasteiger partial charge on any atom is 0.275 e. The summed E-state index contributed by atoms with van der Waals surface area (Å²) in [6.45, 7) is 1.82. The van der Waals surface area contributed by atoms with Crippen LogP contribution < -0.4 is 11.3 Å². The molecule has 0 atom stereocenters. The summed E-state index contributed by atoms with van der Waals surface area (Å²) in [7, 11) is 0. The van der Waals surface area contributed by atoms with Gasteiger partial charge in [-0.1, -0.05) is 22.0 Å². The molecular formula is C18H11BrN4O. The Bertz CT molecular complexity index is 1130. The summed E-state index contributed by atoms with van der Waals surface area (Å²) in [4.78, 5) is 12.8. The maximum absolute atomic E-state index is 12.8. The van der Waals surface area contributed by atoms with Crippen LogP contribution >= 0.6 is 15.9 Å². The van der Waals surface area contributed by atoms with Gasteiger partial charge in [0.05, 0.1) is 28.5 Å². The minimum absolute atomic E-state index is 0.107. The number of aromatic nitrogens is 1. The molecule has 0 saturated heterocycles. The Kier molecular flexibility index (Phi) is 3.84. The monoisotopic (exact) mass is 378 g/mol. The summed E-state index contributed by atoms with van der Waals surface area (Å²) < 4.78 is 2.19. The molecule has 0 unspecified atom stereocenters. The van der Waals surface area contributed by atoms with Crippen LogP contribution in [0.2, 0.25) is 0 Å². The van der Waals surface area contributed by atoms with Crippen LogP contribution in [0.4, 0.5) is 5.69 Å². The fraction of sp³-hybridized carbons (Fsp3) is 0.0556. The van der Waals surface area contributed by atoms with Gasteiger partial charge < -0.3 is 5.73 Å². The fourth-order valence-corrected chi connectivity index (χ4v) is 2.97. The number of anilines is 1. The molecule has 6 heteroatoms. The zero-order valence-corrected chi connectivity index (χ0v) is 14.3. The van der Waals surface area contributed by atoms with Gasteiger partial charge in [-0.25, -0.2) is 0 Å². The Labute approximate surface area is 146 Å². The summed E-state index contributed by atoms with van der Waals surface area (Å²) in [5.41, 5.74) is 7.92. The molecule has 3 rings (SSSR count). The molecule has 0 aliphatic carbocycles. The highest BCUT2D eigenvalue weighted by Gasteiger charge is 2.16. The average molecular weight is 379 g/mol. The number of nitrogens with two attached hydrogens (primary N) is 1. The van der Waals surface area contributed by atoms with E-state index in [0.717, 1.165) is 10.0 Å². The number of fused-ring (bicyclic) bond motifs is 1. The van der Waals surface area contributed by atoms with E-state index in [1.54, 1.807) is 36.4 Å². The van der Waals surface area contributed by atoms with Gasteiger partial charge in [-0.3, -0.25) is 9.36 Å². The molecule has 0 radical (unpaired) electrons. The molecule has 0 saturated carbocycles. The number of aryl methyl sites for hydroxylation is 1. The third kappa shape index (κ3) is 2.34. The van der Waals surface area contributed by atoms with E-state index in [2.05, 4.69) is 22.0 Å². The van der Waals surface area contributed by atoms with Crippen LogP contribution in [0.3, 0.4) is 0 Å². The molecule has 0 spiro atoms. The van der Waals surface area contributed by atoms with Crippen molar-refractivity contribution < 1.29 is 0 Å². The van der Waals surface area contributed by atoms with E-state index in [4.69, 9.17) is 5.73 Å². The highest BCUT2D eigenvalue weighted by atomic mass is 79.9. The summed E-state index contributed by atoms with van der Waals surface area (Å²) >= 11 is 3.39. The highest BCUT2D eigenvalue weighted by molar-refractivity contribution is 9.10. The van der Waals surface area contributed by atoms with Gasteiger partial charge in [0, 0.05) is 9.86 Å². The van der Waals surface area contributed by atoms with Gasteiger partial charge in [0.15, 0.2) is 0 Å². The van der Waals surface area contributed by atoms with E-state index in [-0.39, 0.29) is 11.3 Å². The van der Waals surface area contributed by atoms with Crippen LogP contribution in [0.15, 0.2) is 45.7 Å². The predicted molar refractivity (Wildman–Crippen MR) is 95.8 cm³/mol.